The molecule has 0 saturated carbocycles. The topological polar surface area (TPSA) is 24.9 Å². The van der Waals surface area contributed by atoms with Gasteiger partial charge in [-0.15, -0.1) is 11.6 Å². The van der Waals surface area contributed by atoms with Gasteiger partial charge in [-0.05, 0) is 32.4 Å². The Morgan fingerprint density at radius 2 is 2.21 bits per heavy atom. The largest absolute Gasteiger partial charge is 0.365 e. The number of hydrogen-bond acceptors (Lipinski definition) is 2. The monoisotopic (exact) mass is 216 g/mol. The summed E-state index contributed by atoms with van der Waals surface area (Å²) in [6.07, 6.45) is 2.02. The van der Waals surface area contributed by atoms with Crippen LogP contribution in [0.5, 0.6) is 0 Å². The number of nitrogens with zero attached hydrogens (tertiary/aromatic N) is 1. The molecule has 0 saturated heterocycles. The number of nitrogens with one attached hydrogen (secondary N) is 1. The summed E-state index contributed by atoms with van der Waals surface area (Å²) in [6.45, 7) is 4.06. The molecule has 0 fully saturated rings. The lowest BCUT2D eigenvalue weighted by atomic mass is 10.0. The molecule has 0 aromatic carbocycles. The van der Waals surface area contributed by atoms with E-state index in [2.05, 4.69) is 10.3 Å². The molecule has 1 aromatic rings. The lowest BCUT2D eigenvalue weighted by Crippen LogP contribution is -2.31. The van der Waals surface area contributed by atoms with Crippen LogP contribution in [0.25, 0.3) is 0 Å². The molecule has 0 aliphatic carbocycles. The van der Waals surface area contributed by atoms with Crippen LogP contribution in [0.1, 0.15) is 20.3 Å². The van der Waals surface area contributed by atoms with E-state index < -0.39 is 0 Å². The van der Waals surface area contributed by atoms with E-state index in [1.54, 1.807) is 6.07 Å². The minimum Gasteiger partial charge on any atom is -0.365 e. The smallest absolute Gasteiger partial charge is 0.141 e. The highest BCUT2D eigenvalue weighted by Crippen LogP contribution is 2.16. The lowest BCUT2D eigenvalue weighted by Gasteiger charge is -2.25. The third kappa shape index (κ3) is 3.50. The van der Waals surface area contributed by atoms with Crippen molar-refractivity contribution in [3.63, 3.8) is 0 Å². The SMILES string of the molecule is CC(C)(CCCl)Nc1ccc(F)cn1. The first-order valence-corrected chi connectivity index (χ1v) is 5.03. The summed E-state index contributed by atoms with van der Waals surface area (Å²) in [7, 11) is 0. The van der Waals surface area contributed by atoms with E-state index in [1.165, 1.54) is 12.3 Å². The number of pyridine rings is 1. The zero-order valence-electron chi connectivity index (χ0n) is 8.35. The van der Waals surface area contributed by atoms with Crippen molar-refractivity contribution in [3.05, 3.63) is 24.1 Å². The Morgan fingerprint density at radius 3 is 2.71 bits per heavy atom. The van der Waals surface area contributed by atoms with Crippen LogP contribution in [0.15, 0.2) is 18.3 Å². The average Bonchev–Trinajstić information content (AvgIpc) is 2.08. The van der Waals surface area contributed by atoms with Gasteiger partial charge in [-0.2, -0.15) is 0 Å². The van der Waals surface area contributed by atoms with E-state index in [0.717, 1.165) is 6.42 Å². The van der Waals surface area contributed by atoms with Crippen LogP contribution < -0.4 is 5.32 Å². The molecule has 1 N–H and O–H groups in total. The molecular weight excluding hydrogens is 203 g/mol. The molecule has 78 valence electrons. The fourth-order valence-corrected chi connectivity index (χ4v) is 1.57. The molecule has 0 aliphatic rings. The first-order valence-electron chi connectivity index (χ1n) is 4.49. The summed E-state index contributed by atoms with van der Waals surface area (Å²) in [5.74, 6) is 0.925. The minimum atomic E-state index is -0.328. The highest BCUT2D eigenvalue weighted by molar-refractivity contribution is 6.17. The van der Waals surface area contributed by atoms with Crippen LogP contribution in [0.3, 0.4) is 0 Å². The normalized spacial score (nSPS) is 11.4. The predicted molar refractivity (Wildman–Crippen MR) is 57.2 cm³/mol. The maximum absolute atomic E-state index is 12.6. The number of anilines is 1. The van der Waals surface area contributed by atoms with E-state index in [4.69, 9.17) is 11.6 Å². The summed E-state index contributed by atoms with van der Waals surface area (Å²) < 4.78 is 12.6. The van der Waals surface area contributed by atoms with Crippen LogP contribution in [-0.4, -0.2) is 16.4 Å². The van der Waals surface area contributed by atoms with E-state index in [-0.39, 0.29) is 11.4 Å². The van der Waals surface area contributed by atoms with Gasteiger partial charge in [0.1, 0.15) is 11.6 Å². The fraction of sp³-hybridized carbons (Fsp3) is 0.500. The van der Waals surface area contributed by atoms with Crippen molar-refractivity contribution in [2.75, 3.05) is 11.2 Å². The molecule has 1 rings (SSSR count). The van der Waals surface area contributed by atoms with Gasteiger partial charge in [0, 0.05) is 11.4 Å². The molecule has 0 amide bonds. The molecule has 0 bridgehead atoms. The van der Waals surface area contributed by atoms with Crippen molar-refractivity contribution in [1.82, 2.24) is 4.98 Å². The number of rotatable bonds is 4. The summed E-state index contributed by atoms with van der Waals surface area (Å²) >= 11 is 5.66. The van der Waals surface area contributed by atoms with Crippen molar-refractivity contribution < 1.29 is 4.39 Å². The van der Waals surface area contributed by atoms with Crippen molar-refractivity contribution in [1.29, 1.82) is 0 Å². The average molecular weight is 217 g/mol. The Bertz CT molecular complexity index is 285. The molecule has 0 aliphatic heterocycles. The van der Waals surface area contributed by atoms with Crippen molar-refractivity contribution >= 4 is 17.4 Å². The Balaban J connectivity index is 2.64. The van der Waals surface area contributed by atoms with Gasteiger partial charge in [0.05, 0.1) is 6.20 Å². The van der Waals surface area contributed by atoms with Crippen molar-refractivity contribution in [2.45, 2.75) is 25.8 Å². The Labute approximate surface area is 88.5 Å². The minimum absolute atomic E-state index is 0.118. The van der Waals surface area contributed by atoms with Crippen LogP contribution in [0, 0.1) is 5.82 Å². The first-order chi connectivity index (χ1) is 6.53. The molecule has 0 radical (unpaired) electrons. The molecule has 4 heteroatoms. The van der Waals surface area contributed by atoms with E-state index in [0.29, 0.717) is 11.7 Å². The third-order valence-electron chi connectivity index (χ3n) is 1.91. The van der Waals surface area contributed by atoms with Crippen LogP contribution in [0.2, 0.25) is 0 Å². The molecule has 1 heterocycles. The zero-order chi connectivity index (χ0) is 10.6. The maximum Gasteiger partial charge on any atom is 0.141 e. The quantitative estimate of drug-likeness (QED) is 0.783. The first kappa shape index (κ1) is 11.2. The molecule has 1 aromatic heterocycles. The summed E-state index contributed by atoms with van der Waals surface area (Å²) in [5, 5.41) is 3.18. The fourth-order valence-electron chi connectivity index (χ4n) is 1.10. The number of alkyl halides is 1. The van der Waals surface area contributed by atoms with Crippen molar-refractivity contribution in [2.24, 2.45) is 0 Å². The van der Waals surface area contributed by atoms with E-state index >= 15 is 0 Å². The Hall–Kier alpha value is -0.830. The van der Waals surface area contributed by atoms with Gasteiger partial charge in [0.15, 0.2) is 0 Å². The second-order valence-electron chi connectivity index (χ2n) is 3.81. The standard InChI is InChI=1S/C10H14ClFN2/c1-10(2,5-6-11)14-9-4-3-8(12)7-13-9/h3-4,7H,5-6H2,1-2H3,(H,13,14). The highest BCUT2D eigenvalue weighted by Gasteiger charge is 2.16. The molecule has 0 atom stereocenters. The Kier molecular flexibility index (Phi) is 3.69. The summed E-state index contributed by atoms with van der Waals surface area (Å²) in [6, 6.07) is 3.00. The molecule has 0 unspecified atom stereocenters. The van der Waals surface area contributed by atoms with Gasteiger partial charge in [-0.1, -0.05) is 0 Å². The predicted octanol–water partition coefficient (Wildman–Crippen LogP) is 3.04. The second-order valence-corrected chi connectivity index (χ2v) is 4.19. The third-order valence-corrected chi connectivity index (χ3v) is 2.10. The summed E-state index contributed by atoms with van der Waals surface area (Å²) in [5.41, 5.74) is -0.118. The number of aromatic nitrogens is 1. The zero-order valence-corrected chi connectivity index (χ0v) is 9.11. The van der Waals surface area contributed by atoms with E-state index in [9.17, 15) is 4.39 Å². The van der Waals surface area contributed by atoms with E-state index in [1.807, 2.05) is 13.8 Å². The van der Waals surface area contributed by atoms with Crippen LogP contribution >= 0.6 is 11.6 Å². The molecule has 2 nitrogen and oxygen atoms in total. The number of hydrogen-bond donors (Lipinski definition) is 1. The molecular formula is C10H14ClFN2. The Morgan fingerprint density at radius 1 is 1.50 bits per heavy atom. The van der Waals surface area contributed by atoms with Gasteiger partial charge in [-0.25, -0.2) is 9.37 Å². The van der Waals surface area contributed by atoms with Crippen LogP contribution in [0.4, 0.5) is 10.2 Å². The van der Waals surface area contributed by atoms with Crippen LogP contribution in [-0.2, 0) is 0 Å². The van der Waals surface area contributed by atoms with Gasteiger partial charge < -0.3 is 5.32 Å². The highest BCUT2D eigenvalue weighted by atomic mass is 35.5. The van der Waals surface area contributed by atoms with Gasteiger partial charge in [-0.3, -0.25) is 0 Å². The van der Waals surface area contributed by atoms with Gasteiger partial charge in [0.25, 0.3) is 0 Å². The lowest BCUT2D eigenvalue weighted by molar-refractivity contribution is 0.547. The summed E-state index contributed by atoms with van der Waals surface area (Å²) in [4.78, 5) is 3.92. The number of halogens is 2. The van der Waals surface area contributed by atoms with Gasteiger partial charge in [0.2, 0.25) is 0 Å². The van der Waals surface area contributed by atoms with Gasteiger partial charge >= 0.3 is 0 Å². The maximum atomic E-state index is 12.6. The molecule has 0 spiro atoms. The second kappa shape index (κ2) is 4.60. The molecule has 14 heavy (non-hydrogen) atoms. The van der Waals surface area contributed by atoms with Crippen molar-refractivity contribution in [3.8, 4) is 0 Å².